The number of carbonyl (C=O) groups excluding carboxylic acids is 1. The smallest absolute Gasteiger partial charge is 0.276 e. The lowest BCUT2D eigenvalue weighted by atomic mass is 10.1. The number of halogens is 1. The van der Waals surface area contributed by atoms with Crippen molar-refractivity contribution >= 4 is 28.8 Å². The van der Waals surface area contributed by atoms with Crippen molar-refractivity contribution in [1.29, 1.82) is 0 Å². The van der Waals surface area contributed by atoms with Crippen LogP contribution in [0.3, 0.4) is 0 Å². The molecule has 6 nitrogen and oxygen atoms in total. The van der Waals surface area contributed by atoms with Gasteiger partial charge in [-0.25, -0.2) is 9.50 Å². The number of nitrogens with one attached hydrogen (secondary N) is 1. The predicted octanol–water partition coefficient (Wildman–Crippen LogP) is 3.70. The maximum Gasteiger partial charge on any atom is 0.276 e. The van der Waals surface area contributed by atoms with Crippen LogP contribution in [0.15, 0.2) is 67.1 Å². The quantitative estimate of drug-likeness (QED) is 0.612. The van der Waals surface area contributed by atoms with Crippen LogP contribution in [0, 0.1) is 0 Å². The monoisotopic (exact) mass is 349 g/mol. The molecule has 3 heterocycles. The van der Waals surface area contributed by atoms with Crippen molar-refractivity contribution in [2.45, 2.75) is 0 Å². The second-order valence-electron chi connectivity index (χ2n) is 5.30. The Hall–Kier alpha value is -3.25. The van der Waals surface area contributed by atoms with Gasteiger partial charge in [-0.1, -0.05) is 29.8 Å². The van der Waals surface area contributed by atoms with Gasteiger partial charge in [-0.05, 0) is 30.3 Å². The fourth-order valence-electron chi connectivity index (χ4n) is 2.47. The van der Waals surface area contributed by atoms with E-state index in [4.69, 9.17) is 11.6 Å². The molecule has 1 amide bonds. The third kappa shape index (κ3) is 2.95. The van der Waals surface area contributed by atoms with E-state index in [1.165, 1.54) is 10.7 Å². The molecule has 7 heteroatoms. The van der Waals surface area contributed by atoms with Gasteiger partial charge in [0, 0.05) is 23.6 Å². The van der Waals surface area contributed by atoms with E-state index >= 15 is 0 Å². The molecule has 0 aliphatic rings. The first-order valence-corrected chi connectivity index (χ1v) is 7.91. The Bertz CT molecular complexity index is 1060. The van der Waals surface area contributed by atoms with Gasteiger partial charge in [-0.3, -0.25) is 9.78 Å². The van der Waals surface area contributed by atoms with Crippen molar-refractivity contribution in [3.05, 3.63) is 77.8 Å². The van der Waals surface area contributed by atoms with Gasteiger partial charge in [0.2, 0.25) is 0 Å². The number of hydrogen-bond donors (Lipinski definition) is 1. The summed E-state index contributed by atoms with van der Waals surface area (Å²) in [7, 11) is 0. The fraction of sp³-hybridized carbons (Fsp3) is 0. The van der Waals surface area contributed by atoms with E-state index in [9.17, 15) is 4.79 Å². The van der Waals surface area contributed by atoms with E-state index in [1.54, 1.807) is 36.7 Å². The van der Waals surface area contributed by atoms with Crippen molar-refractivity contribution in [3.8, 4) is 11.3 Å². The van der Waals surface area contributed by atoms with Crippen LogP contribution in [0.4, 0.5) is 5.69 Å². The number of aromatic nitrogens is 4. The molecule has 25 heavy (non-hydrogen) atoms. The average Bonchev–Trinajstić information content (AvgIpc) is 3.06. The van der Waals surface area contributed by atoms with Crippen molar-refractivity contribution in [1.82, 2.24) is 19.6 Å². The summed E-state index contributed by atoms with van der Waals surface area (Å²) in [5.41, 5.74) is 3.02. The number of benzene rings is 1. The molecule has 4 aromatic rings. The number of pyridine rings is 1. The number of fused-ring (bicyclic) bond motifs is 1. The van der Waals surface area contributed by atoms with Gasteiger partial charge in [-0.15, -0.1) is 0 Å². The van der Waals surface area contributed by atoms with Gasteiger partial charge >= 0.3 is 0 Å². The molecule has 0 fully saturated rings. The van der Waals surface area contributed by atoms with Crippen LogP contribution in [-0.4, -0.2) is 25.5 Å². The Morgan fingerprint density at radius 1 is 1.04 bits per heavy atom. The summed E-state index contributed by atoms with van der Waals surface area (Å²) >= 11 is 6.24. The van der Waals surface area contributed by atoms with Gasteiger partial charge in [0.1, 0.15) is 0 Å². The van der Waals surface area contributed by atoms with E-state index in [-0.39, 0.29) is 5.91 Å². The lowest BCUT2D eigenvalue weighted by molar-refractivity contribution is 0.102. The van der Waals surface area contributed by atoms with Crippen molar-refractivity contribution in [2.24, 2.45) is 0 Å². The van der Waals surface area contributed by atoms with Gasteiger partial charge < -0.3 is 5.32 Å². The third-order valence-electron chi connectivity index (χ3n) is 3.68. The maximum atomic E-state index is 12.5. The average molecular weight is 350 g/mol. The molecule has 3 aromatic heterocycles. The van der Waals surface area contributed by atoms with Crippen LogP contribution < -0.4 is 5.32 Å². The van der Waals surface area contributed by atoms with Crippen LogP contribution in [0.25, 0.3) is 16.9 Å². The molecule has 0 bridgehead atoms. The van der Waals surface area contributed by atoms with Crippen LogP contribution in [0.2, 0.25) is 5.02 Å². The number of anilines is 1. The summed E-state index contributed by atoms with van der Waals surface area (Å²) in [6.07, 6.45) is 4.71. The highest BCUT2D eigenvalue weighted by Crippen LogP contribution is 2.26. The Kier molecular flexibility index (Phi) is 3.87. The molecule has 1 N–H and O–H groups in total. The van der Waals surface area contributed by atoms with Gasteiger partial charge in [0.15, 0.2) is 11.3 Å². The minimum absolute atomic E-state index is 0.303. The van der Waals surface area contributed by atoms with Gasteiger partial charge in [-0.2, -0.15) is 5.10 Å². The molecule has 0 atom stereocenters. The third-order valence-corrected chi connectivity index (χ3v) is 4.01. The highest BCUT2D eigenvalue weighted by atomic mass is 35.5. The zero-order chi connectivity index (χ0) is 17.2. The largest absolute Gasteiger partial charge is 0.320 e. The van der Waals surface area contributed by atoms with Crippen LogP contribution in [0.5, 0.6) is 0 Å². The Morgan fingerprint density at radius 3 is 2.64 bits per heavy atom. The maximum absolute atomic E-state index is 12.5. The van der Waals surface area contributed by atoms with Gasteiger partial charge in [0.05, 0.1) is 16.9 Å². The molecular formula is C18H12ClN5O. The minimum Gasteiger partial charge on any atom is -0.320 e. The molecule has 1 aromatic carbocycles. The van der Waals surface area contributed by atoms with Gasteiger partial charge in [0.25, 0.3) is 5.91 Å². The number of carbonyl (C=O) groups is 1. The molecule has 0 aliphatic carbocycles. The standard InChI is InChI=1S/C18H12ClN5O/c19-14-4-2-1-3-13(14)15-5-6-17-21-11-16(24(17)23-15)18(25)22-12-7-9-20-10-8-12/h1-11H,(H,20,22,25). The lowest BCUT2D eigenvalue weighted by Gasteiger charge is -2.06. The molecular weight excluding hydrogens is 338 g/mol. The number of imidazole rings is 1. The number of amides is 1. The Balaban J connectivity index is 1.74. The summed E-state index contributed by atoms with van der Waals surface area (Å²) in [5, 5.41) is 7.92. The second kappa shape index (κ2) is 6.33. The van der Waals surface area contributed by atoms with Crippen molar-refractivity contribution in [2.75, 3.05) is 5.32 Å². The number of nitrogens with zero attached hydrogens (tertiary/aromatic N) is 4. The molecule has 0 saturated carbocycles. The van der Waals surface area contributed by atoms with E-state index in [0.717, 1.165) is 5.56 Å². The molecule has 0 spiro atoms. The topological polar surface area (TPSA) is 72.2 Å². The summed E-state index contributed by atoms with van der Waals surface area (Å²) in [6.45, 7) is 0. The minimum atomic E-state index is -0.303. The van der Waals surface area contributed by atoms with E-state index < -0.39 is 0 Å². The predicted molar refractivity (Wildman–Crippen MR) is 95.6 cm³/mol. The number of rotatable bonds is 3. The fourth-order valence-corrected chi connectivity index (χ4v) is 2.70. The SMILES string of the molecule is O=C(Nc1ccncc1)c1cnc2ccc(-c3ccccc3Cl)nn12. The molecule has 122 valence electrons. The van der Waals surface area contributed by atoms with Crippen LogP contribution in [-0.2, 0) is 0 Å². The summed E-state index contributed by atoms with van der Waals surface area (Å²) < 4.78 is 1.51. The molecule has 0 radical (unpaired) electrons. The molecule has 0 aliphatic heterocycles. The summed E-state index contributed by atoms with van der Waals surface area (Å²) in [4.78, 5) is 20.7. The highest BCUT2D eigenvalue weighted by molar-refractivity contribution is 6.33. The highest BCUT2D eigenvalue weighted by Gasteiger charge is 2.15. The summed E-state index contributed by atoms with van der Waals surface area (Å²) in [5.74, 6) is -0.303. The summed E-state index contributed by atoms with van der Waals surface area (Å²) in [6, 6.07) is 14.5. The second-order valence-corrected chi connectivity index (χ2v) is 5.71. The zero-order valence-corrected chi connectivity index (χ0v) is 13.7. The van der Waals surface area contributed by atoms with E-state index in [2.05, 4.69) is 20.4 Å². The van der Waals surface area contributed by atoms with E-state index in [1.807, 2.05) is 24.3 Å². The lowest BCUT2D eigenvalue weighted by Crippen LogP contribution is -2.15. The van der Waals surface area contributed by atoms with Crippen molar-refractivity contribution < 1.29 is 4.79 Å². The Labute approximate surface area is 148 Å². The number of hydrogen-bond acceptors (Lipinski definition) is 4. The van der Waals surface area contributed by atoms with Crippen LogP contribution >= 0.6 is 11.6 Å². The Morgan fingerprint density at radius 2 is 1.84 bits per heavy atom. The molecule has 4 rings (SSSR count). The van der Waals surface area contributed by atoms with E-state index in [0.29, 0.717) is 27.7 Å². The molecule has 0 saturated heterocycles. The van der Waals surface area contributed by atoms with Crippen LogP contribution in [0.1, 0.15) is 10.5 Å². The normalized spacial score (nSPS) is 10.8. The zero-order valence-electron chi connectivity index (χ0n) is 12.9. The first kappa shape index (κ1) is 15.3. The first-order chi connectivity index (χ1) is 12.2. The van der Waals surface area contributed by atoms with Crippen molar-refractivity contribution in [3.63, 3.8) is 0 Å². The first-order valence-electron chi connectivity index (χ1n) is 7.53. The molecule has 0 unspecified atom stereocenters.